The van der Waals surface area contributed by atoms with Gasteiger partial charge in [0.1, 0.15) is 7.11 Å². The number of hydrogen-bond donors (Lipinski definition) is 2. The number of amides is 1. The first-order valence-electron chi connectivity index (χ1n) is 14.7. The predicted molar refractivity (Wildman–Crippen MR) is 150 cm³/mol. The van der Waals surface area contributed by atoms with Crippen molar-refractivity contribution in [2.45, 2.75) is 101 Å². The lowest BCUT2D eigenvalue weighted by Gasteiger charge is -2.70. The number of fused-ring (bicyclic) bond motifs is 3. The molecule has 0 aromatic heterocycles. The van der Waals surface area contributed by atoms with Crippen molar-refractivity contribution >= 4 is 22.4 Å². The highest BCUT2D eigenvalue weighted by Crippen LogP contribution is 2.68. The van der Waals surface area contributed by atoms with Crippen molar-refractivity contribution in [3.63, 3.8) is 0 Å². The number of aliphatic hydroxyl groups excluding tert-OH is 1. The molecule has 8 heteroatoms. The fraction of sp³-hybridized carbons (Fsp3) is 0.742. The maximum Gasteiger partial charge on any atom is 0.223 e. The minimum absolute atomic E-state index is 0.000756. The molecule has 3 saturated carbocycles. The van der Waals surface area contributed by atoms with E-state index in [0.29, 0.717) is 18.8 Å². The molecule has 7 nitrogen and oxygen atoms in total. The van der Waals surface area contributed by atoms with Gasteiger partial charge in [0, 0.05) is 34.1 Å². The standard InChI is InChI=1S/C31H44N2O5S/c1-17-12-13-24-29(3,4)27(33-37-6)23(39(36)19-10-8-7-9-11-19)16-31(24)30(17,5)15-21-22(34)14-20-25(26(21)38-31)18(2)32-28(20)35/h7-11,17-18,20-26,34H,12-16H2,1-6H3,(H,32,35). The van der Waals surface area contributed by atoms with Crippen molar-refractivity contribution in [1.82, 2.24) is 5.32 Å². The normalized spacial score (nSPS) is 48.2. The summed E-state index contributed by atoms with van der Waals surface area (Å²) in [6.45, 7) is 11.2. The Morgan fingerprint density at radius 1 is 1.13 bits per heavy atom. The quantitative estimate of drug-likeness (QED) is 0.541. The summed E-state index contributed by atoms with van der Waals surface area (Å²) in [4.78, 5) is 19.1. The van der Waals surface area contributed by atoms with E-state index >= 15 is 0 Å². The van der Waals surface area contributed by atoms with Crippen LogP contribution < -0.4 is 5.32 Å². The number of hydrogen-bond acceptors (Lipinski definition) is 6. The average Bonchev–Trinajstić information content (AvgIpc) is 3.18. The number of carbonyl (C=O) groups excluding carboxylic acids is 1. The molecule has 1 amide bonds. The Kier molecular flexibility index (Phi) is 6.59. The molecule has 6 rings (SSSR count). The van der Waals surface area contributed by atoms with Crippen LogP contribution in [0, 0.1) is 40.4 Å². The zero-order valence-corrected chi connectivity index (χ0v) is 24.9. The summed E-state index contributed by atoms with van der Waals surface area (Å²) in [7, 11) is 0.215. The van der Waals surface area contributed by atoms with Crippen molar-refractivity contribution < 1.29 is 23.7 Å². The van der Waals surface area contributed by atoms with Crippen LogP contribution in [-0.2, 0) is 25.2 Å². The summed E-state index contributed by atoms with van der Waals surface area (Å²) >= 11 is 0. The fourth-order valence-corrected chi connectivity index (χ4v) is 11.4. The zero-order valence-electron chi connectivity index (χ0n) is 24.1. The van der Waals surface area contributed by atoms with Gasteiger partial charge in [-0.05, 0) is 68.4 Å². The molecule has 0 radical (unpaired) electrons. The Hall–Kier alpha value is -1.77. The lowest BCUT2D eigenvalue weighted by atomic mass is 9.42. The third-order valence-electron chi connectivity index (χ3n) is 11.8. The van der Waals surface area contributed by atoms with E-state index in [4.69, 9.17) is 9.57 Å². The summed E-state index contributed by atoms with van der Waals surface area (Å²) in [6.07, 6.45) is 3.19. The fourth-order valence-electron chi connectivity index (χ4n) is 9.70. The number of benzene rings is 1. The second-order valence-electron chi connectivity index (χ2n) is 13.8. The summed E-state index contributed by atoms with van der Waals surface area (Å²) in [6, 6.07) is 9.66. The minimum atomic E-state index is -1.35. The molecule has 39 heavy (non-hydrogen) atoms. The SMILES string of the molecule is CON=C1C(S(=O)c2ccccc2)CC23OC4C(CC2(C)C(C)CCC3C1(C)C)C(O)CC1C(=O)NC(C)C14. The molecule has 12 unspecified atom stereocenters. The van der Waals surface area contributed by atoms with Gasteiger partial charge in [-0.3, -0.25) is 9.00 Å². The lowest BCUT2D eigenvalue weighted by molar-refractivity contribution is -0.319. The number of carbonyl (C=O) groups is 1. The smallest absolute Gasteiger partial charge is 0.223 e. The summed E-state index contributed by atoms with van der Waals surface area (Å²) in [5, 5.41) is 18.7. The van der Waals surface area contributed by atoms with E-state index in [0.717, 1.165) is 29.9 Å². The van der Waals surface area contributed by atoms with Gasteiger partial charge in [-0.1, -0.05) is 51.0 Å². The first-order chi connectivity index (χ1) is 18.5. The second kappa shape index (κ2) is 9.38. The van der Waals surface area contributed by atoms with Crippen molar-refractivity contribution in [2.24, 2.45) is 45.6 Å². The topological polar surface area (TPSA) is 97.2 Å². The van der Waals surface area contributed by atoms with Gasteiger partial charge in [0.15, 0.2) is 0 Å². The third-order valence-corrected chi connectivity index (χ3v) is 13.4. The maximum absolute atomic E-state index is 14.3. The van der Waals surface area contributed by atoms with E-state index in [2.05, 4.69) is 45.1 Å². The highest BCUT2D eigenvalue weighted by molar-refractivity contribution is 7.86. The molecule has 2 heterocycles. The van der Waals surface area contributed by atoms with Crippen LogP contribution in [-0.4, -0.2) is 57.1 Å². The molecular weight excluding hydrogens is 512 g/mol. The first kappa shape index (κ1) is 27.4. The van der Waals surface area contributed by atoms with Crippen LogP contribution in [0.2, 0.25) is 0 Å². The van der Waals surface area contributed by atoms with Gasteiger partial charge in [-0.25, -0.2) is 0 Å². The number of oxime groups is 1. The molecule has 2 aliphatic heterocycles. The van der Waals surface area contributed by atoms with Crippen LogP contribution in [0.3, 0.4) is 0 Å². The van der Waals surface area contributed by atoms with E-state index in [9.17, 15) is 14.1 Å². The van der Waals surface area contributed by atoms with Crippen molar-refractivity contribution in [2.75, 3.05) is 7.11 Å². The molecule has 5 fully saturated rings. The maximum atomic E-state index is 14.3. The number of ether oxygens (including phenoxy) is 1. The van der Waals surface area contributed by atoms with E-state index in [1.165, 1.54) is 0 Å². The van der Waals surface area contributed by atoms with Crippen LogP contribution in [0.5, 0.6) is 0 Å². The summed E-state index contributed by atoms with van der Waals surface area (Å²) in [5.74, 6) is 0.333. The number of nitrogens with zero attached hydrogens (tertiary/aromatic N) is 1. The average molecular weight is 557 g/mol. The summed E-state index contributed by atoms with van der Waals surface area (Å²) < 4.78 is 21.9. The Morgan fingerprint density at radius 2 is 1.85 bits per heavy atom. The molecular formula is C31H44N2O5S. The van der Waals surface area contributed by atoms with Crippen LogP contribution in [0.25, 0.3) is 0 Å². The number of rotatable bonds is 3. The highest BCUT2D eigenvalue weighted by atomic mass is 32.2. The molecule has 1 spiro atoms. The zero-order chi connectivity index (χ0) is 27.9. The van der Waals surface area contributed by atoms with E-state index in [1.54, 1.807) is 7.11 Å². The molecule has 0 bridgehead atoms. The van der Waals surface area contributed by atoms with Crippen molar-refractivity contribution in [3.8, 4) is 0 Å². The predicted octanol–water partition coefficient (Wildman–Crippen LogP) is 4.31. The first-order valence-corrected chi connectivity index (χ1v) is 15.9. The molecule has 2 N–H and O–H groups in total. The lowest BCUT2D eigenvalue weighted by Crippen LogP contribution is -2.74. The Bertz CT molecular complexity index is 1190. The molecule has 5 aliphatic rings. The summed E-state index contributed by atoms with van der Waals surface area (Å²) in [5.41, 5.74) is -0.360. The van der Waals surface area contributed by atoms with Gasteiger partial charge in [0.05, 0.1) is 39.6 Å². The monoisotopic (exact) mass is 556 g/mol. The van der Waals surface area contributed by atoms with E-state index in [-0.39, 0.29) is 52.4 Å². The van der Waals surface area contributed by atoms with Gasteiger partial charge in [0.2, 0.25) is 5.91 Å². The minimum Gasteiger partial charge on any atom is -0.399 e. The molecule has 2 saturated heterocycles. The molecule has 214 valence electrons. The molecule has 1 aromatic carbocycles. The number of aliphatic hydroxyl groups is 1. The molecule has 1 aromatic rings. The van der Waals surface area contributed by atoms with Crippen LogP contribution in [0.15, 0.2) is 40.4 Å². The second-order valence-corrected chi connectivity index (χ2v) is 15.4. The van der Waals surface area contributed by atoms with Gasteiger partial charge >= 0.3 is 0 Å². The van der Waals surface area contributed by atoms with Gasteiger partial charge in [-0.2, -0.15) is 0 Å². The van der Waals surface area contributed by atoms with Gasteiger partial charge in [-0.15, -0.1) is 0 Å². The Labute approximate surface area is 234 Å². The Morgan fingerprint density at radius 3 is 2.54 bits per heavy atom. The molecule has 12 atom stereocenters. The van der Waals surface area contributed by atoms with Gasteiger partial charge in [0.25, 0.3) is 0 Å². The molecule has 3 aliphatic carbocycles. The van der Waals surface area contributed by atoms with Crippen LogP contribution in [0.4, 0.5) is 0 Å². The van der Waals surface area contributed by atoms with E-state index < -0.39 is 27.9 Å². The van der Waals surface area contributed by atoms with E-state index in [1.807, 2.05) is 30.3 Å². The van der Waals surface area contributed by atoms with Gasteiger partial charge < -0.3 is 20.0 Å². The van der Waals surface area contributed by atoms with Crippen molar-refractivity contribution in [3.05, 3.63) is 30.3 Å². The Balaban J connectivity index is 1.50. The van der Waals surface area contributed by atoms with Crippen LogP contribution >= 0.6 is 0 Å². The van der Waals surface area contributed by atoms with Crippen molar-refractivity contribution in [1.29, 1.82) is 0 Å². The highest BCUT2D eigenvalue weighted by Gasteiger charge is 2.72. The van der Waals surface area contributed by atoms with Crippen LogP contribution in [0.1, 0.15) is 66.7 Å². The third kappa shape index (κ3) is 3.76. The number of nitrogens with one attached hydrogen (secondary N) is 1. The largest absolute Gasteiger partial charge is 0.399 e.